The number of hydrogen-bond donors (Lipinski definition) is 1. The van der Waals surface area contributed by atoms with Crippen LogP contribution in [0.25, 0.3) is 0 Å². The van der Waals surface area contributed by atoms with E-state index < -0.39 is 17.7 Å². The van der Waals surface area contributed by atoms with Crippen molar-refractivity contribution in [3.63, 3.8) is 0 Å². The number of aromatic nitrogens is 2. The zero-order valence-electron chi connectivity index (χ0n) is 16.9. The molecule has 0 radical (unpaired) electrons. The van der Waals surface area contributed by atoms with Crippen LogP contribution in [-0.4, -0.2) is 33.1 Å². The Kier molecular flexibility index (Phi) is 4.72. The molecule has 2 aromatic rings. The van der Waals surface area contributed by atoms with Gasteiger partial charge in [0.25, 0.3) is 0 Å². The molecule has 5 nitrogen and oxygen atoms in total. The van der Waals surface area contributed by atoms with E-state index >= 15 is 0 Å². The van der Waals surface area contributed by atoms with E-state index in [-0.39, 0.29) is 17.6 Å². The third kappa shape index (κ3) is 3.39. The van der Waals surface area contributed by atoms with Gasteiger partial charge in [-0.25, -0.2) is 13.8 Å². The number of ether oxygens (including phenoxy) is 1. The van der Waals surface area contributed by atoms with Crippen LogP contribution in [0.5, 0.6) is 0 Å². The third-order valence-corrected chi connectivity index (χ3v) is 6.47. The second-order valence-corrected chi connectivity index (χ2v) is 8.98. The second kappa shape index (κ2) is 7.15. The zero-order chi connectivity index (χ0) is 20.3. The summed E-state index contributed by atoms with van der Waals surface area (Å²) in [4.78, 5) is 7.35. The Hall–Kier alpha value is -1.83. The van der Waals surface area contributed by atoms with Crippen molar-refractivity contribution in [3.8, 4) is 0 Å². The summed E-state index contributed by atoms with van der Waals surface area (Å²) in [5.41, 5.74) is 9.06. The molecule has 2 aliphatic heterocycles. The van der Waals surface area contributed by atoms with Crippen LogP contribution < -0.4 is 5.73 Å². The van der Waals surface area contributed by atoms with Crippen molar-refractivity contribution in [3.05, 3.63) is 52.6 Å². The molecular formula is C22H28F2N4O. The first kappa shape index (κ1) is 19.2. The minimum absolute atomic E-state index is 0.150. The van der Waals surface area contributed by atoms with Crippen molar-refractivity contribution >= 4 is 0 Å². The lowest BCUT2D eigenvalue weighted by Gasteiger charge is -2.38. The van der Waals surface area contributed by atoms with Gasteiger partial charge in [0.2, 0.25) is 0 Å². The fourth-order valence-electron chi connectivity index (χ4n) is 4.88. The summed E-state index contributed by atoms with van der Waals surface area (Å²) in [5.74, 6) is 0.937. The number of nitrogens with zero attached hydrogens (tertiary/aromatic N) is 3. The first-order chi connectivity index (χ1) is 13.9. The molecule has 3 aliphatic rings. The molecule has 0 bridgehead atoms. The minimum Gasteiger partial charge on any atom is -0.370 e. The number of nitrogens with two attached hydrogens (primary N) is 1. The lowest BCUT2D eigenvalue weighted by atomic mass is 9.93. The van der Waals surface area contributed by atoms with Crippen LogP contribution in [0, 0.1) is 11.6 Å². The predicted molar refractivity (Wildman–Crippen MR) is 105 cm³/mol. The first-order valence-corrected chi connectivity index (χ1v) is 10.6. The highest BCUT2D eigenvalue weighted by Gasteiger charge is 2.40. The van der Waals surface area contributed by atoms with E-state index in [1.807, 2.05) is 0 Å². The number of rotatable bonds is 4. The summed E-state index contributed by atoms with van der Waals surface area (Å²) >= 11 is 0. The van der Waals surface area contributed by atoms with Gasteiger partial charge in [-0.15, -0.1) is 0 Å². The van der Waals surface area contributed by atoms with E-state index in [2.05, 4.69) is 23.3 Å². The fraction of sp³-hybridized carbons (Fsp3) is 0.591. The molecule has 0 amide bonds. The first-order valence-electron chi connectivity index (χ1n) is 10.6. The van der Waals surface area contributed by atoms with Gasteiger partial charge in [-0.05, 0) is 51.3 Å². The summed E-state index contributed by atoms with van der Waals surface area (Å²) < 4.78 is 36.1. The van der Waals surface area contributed by atoms with E-state index in [0.717, 1.165) is 25.2 Å². The molecular weight excluding hydrogens is 374 g/mol. The molecule has 2 N–H and O–H groups in total. The van der Waals surface area contributed by atoms with Gasteiger partial charge in [0.1, 0.15) is 23.6 Å². The number of halogens is 2. The smallest absolute Gasteiger partial charge is 0.129 e. The topological polar surface area (TPSA) is 56.3 Å². The summed E-state index contributed by atoms with van der Waals surface area (Å²) in [6, 6.07) is 3.61. The van der Waals surface area contributed by atoms with Gasteiger partial charge >= 0.3 is 0 Å². The molecule has 1 aliphatic carbocycles. The lowest BCUT2D eigenvalue weighted by Crippen LogP contribution is -2.48. The molecule has 1 aromatic heterocycles. The highest BCUT2D eigenvalue weighted by Crippen LogP contribution is 2.43. The zero-order valence-corrected chi connectivity index (χ0v) is 16.9. The number of hydrogen-bond acceptors (Lipinski definition) is 4. The fourth-order valence-corrected chi connectivity index (χ4v) is 4.88. The quantitative estimate of drug-likeness (QED) is 0.845. The van der Waals surface area contributed by atoms with E-state index in [1.165, 1.54) is 36.1 Å². The van der Waals surface area contributed by atoms with Gasteiger partial charge in [-0.1, -0.05) is 0 Å². The second-order valence-electron chi connectivity index (χ2n) is 8.98. The van der Waals surface area contributed by atoms with Crippen molar-refractivity contribution in [2.45, 2.75) is 76.3 Å². The molecule has 3 heterocycles. The van der Waals surface area contributed by atoms with Gasteiger partial charge in [-0.3, -0.25) is 4.90 Å². The molecule has 0 spiro atoms. The standard InChI is InChI=1S/C22H28F2N4O/c1-12(2)28-20-10-27(9-19(20)26-22(28)13-3-4-13)15-8-18(25)21(29-11-15)16-7-14(23)5-6-17(16)24/h5-7,12-13,15,18,21H,3-4,8-11,25H2,1-2H3/t15?,18-,21+/m0/s1. The molecule has 2 fully saturated rings. The predicted octanol–water partition coefficient (Wildman–Crippen LogP) is 3.79. The average Bonchev–Trinajstić information content (AvgIpc) is 3.34. The number of imidazole rings is 1. The molecule has 7 heteroatoms. The van der Waals surface area contributed by atoms with Crippen LogP contribution in [-0.2, 0) is 17.8 Å². The van der Waals surface area contributed by atoms with Crippen LogP contribution in [0.2, 0.25) is 0 Å². The van der Waals surface area contributed by atoms with Crippen molar-refractivity contribution < 1.29 is 13.5 Å². The SMILES string of the molecule is CC(C)n1c(C2CC2)nc2c1CN(C1CO[C@H](c3cc(F)ccc3F)[C@@H](N)C1)C2. The summed E-state index contributed by atoms with van der Waals surface area (Å²) in [6.07, 6.45) is 2.56. The van der Waals surface area contributed by atoms with Gasteiger partial charge in [0.05, 0.1) is 18.0 Å². The maximum atomic E-state index is 14.2. The molecule has 1 aromatic carbocycles. The van der Waals surface area contributed by atoms with Crippen LogP contribution in [0.1, 0.15) is 73.9 Å². The van der Waals surface area contributed by atoms with Crippen LogP contribution in [0.15, 0.2) is 18.2 Å². The summed E-state index contributed by atoms with van der Waals surface area (Å²) in [7, 11) is 0. The highest BCUT2D eigenvalue weighted by molar-refractivity contribution is 5.27. The van der Waals surface area contributed by atoms with Crippen LogP contribution in [0.4, 0.5) is 8.78 Å². The van der Waals surface area contributed by atoms with E-state index in [1.54, 1.807) is 0 Å². The maximum Gasteiger partial charge on any atom is 0.129 e. The normalized spacial score (nSPS) is 27.6. The van der Waals surface area contributed by atoms with Crippen molar-refractivity contribution in [2.75, 3.05) is 6.61 Å². The minimum atomic E-state index is -0.615. The lowest BCUT2D eigenvalue weighted by molar-refractivity contribution is -0.0535. The van der Waals surface area contributed by atoms with Crippen molar-refractivity contribution in [1.29, 1.82) is 0 Å². The van der Waals surface area contributed by atoms with Crippen molar-refractivity contribution in [1.82, 2.24) is 14.5 Å². The molecule has 1 unspecified atom stereocenters. The monoisotopic (exact) mass is 402 g/mol. The highest BCUT2D eigenvalue weighted by atomic mass is 19.1. The summed E-state index contributed by atoms with van der Waals surface area (Å²) in [6.45, 7) is 6.53. The third-order valence-electron chi connectivity index (χ3n) is 6.47. The number of fused-ring (bicyclic) bond motifs is 1. The Morgan fingerprint density at radius 2 is 2.00 bits per heavy atom. The van der Waals surface area contributed by atoms with Gasteiger partial charge in [0.15, 0.2) is 0 Å². The van der Waals surface area contributed by atoms with E-state index in [9.17, 15) is 8.78 Å². The molecule has 1 saturated heterocycles. The molecule has 3 atom stereocenters. The molecule has 29 heavy (non-hydrogen) atoms. The summed E-state index contributed by atoms with van der Waals surface area (Å²) in [5, 5.41) is 0. The van der Waals surface area contributed by atoms with Crippen LogP contribution >= 0.6 is 0 Å². The average molecular weight is 402 g/mol. The van der Waals surface area contributed by atoms with E-state index in [0.29, 0.717) is 25.0 Å². The Morgan fingerprint density at radius 1 is 1.21 bits per heavy atom. The molecule has 1 saturated carbocycles. The van der Waals surface area contributed by atoms with Crippen LogP contribution in [0.3, 0.4) is 0 Å². The van der Waals surface area contributed by atoms with Gasteiger partial charge in [-0.2, -0.15) is 0 Å². The van der Waals surface area contributed by atoms with E-state index in [4.69, 9.17) is 15.5 Å². The number of benzene rings is 1. The van der Waals surface area contributed by atoms with Crippen molar-refractivity contribution in [2.24, 2.45) is 5.73 Å². The molecule has 156 valence electrons. The molecule has 5 rings (SSSR count). The Bertz CT molecular complexity index is 924. The Morgan fingerprint density at radius 3 is 2.69 bits per heavy atom. The van der Waals surface area contributed by atoms with Gasteiger partial charge in [0, 0.05) is 42.7 Å². The largest absolute Gasteiger partial charge is 0.370 e. The Balaban J connectivity index is 1.30. The Labute approximate surface area is 169 Å². The van der Waals surface area contributed by atoms with Gasteiger partial charge < -0.3 is 15.0 Å². The maximum absolute atomic E-state index is 14.2.